The Morgan fingerprint density at radius 3 is 2.60 bits per heavy atom. The fourth-order valence-electron chi connectivity index (χ4n) is 3.35. The Kier molecular flexibility index (Phi) is 6.12. The van der Waals surface area contributed by atoms with Gasteiger partial charge in [-0.3, -0.25) is 19.8 Å². The van der Waals surface area contributed by atoms with Crippen LogP contribution in [0.25, 0.3) is 10.2 Å². The minimum Gasteiger partial charge on any atom is -0.351 e. The molecule has 1 amide bonds. The topological polar surface area (TPSA) is 91.6 Å². The summed E-state index contributed by atoms with van der Waals surface area (Å²) in [6.45, 7) is 4.82. The predicted octanol–water partition coefficient (Wildman–Crippen LogP) is 3.41. The minimum absolute atomic E-state index is 0.0272. The molecule has 0 unspecified atom stereocenters. The Hall–Kier alpha value is -2.75. The van der Waals surface area contributed by atoms with Crippen LogP contribution in [0, 0.1) is 10.1 Å². The summed E-state index contributed by atoms with van der Waals surface area (Å²) in [5, 5.41) is 15.3. The van der Waals surface area contributed by atoms with Gasteiger partial charge >= 0.3 is 0 Å². The van der Waals surface area contributed by atoms with E-state index in [2.05, 4.69) is 15.1 Å². The number of aromatic nitrogens is 1. The van der Waals surface area contributed by atoms with Crippen LogP contribution in [0.15, 0.2) is 42.5 Å². The Balaban J connectivity index is 1.23. The summed E-state index contributed by atoms with van der Waals surface area (Å²) in [7, 11) is 0. The summed E-state index contributed by atoms with van der Waals surface area (Å²) in [4.78, 5) is 31.7. The lowest BCUT2D eigenvalue weighted by molar-refractivity contribution is -0.384. The number of nitro benzene ring substituents is 1. The number of non-ortho nitro benzene ring substituents is 1. The molecule has 0 aliphatic carbocycles. The first kappa shape index (κ1) is 20.5. The van der Waals surface area contributed by atoms with Gasteiger partial charge in [-0.2, -0.15) is 0 Å². The van der Waals surface area contributed by atoms with Gasteiger partial charge < -0.3 is 10.2 Å². The van der Waals surface area contributed by atoms with Crippen LogP contribution in [0.4, 0.5) is 10.8 Å². The lowest BCUT2D eigenvalue weighted by atomic mass is 10.2. The standard InChI is InChI=1S/C20H20ClN5O3S/c21-15-3-6-17-18(13-15)30-20(23-17)25-11-9-24(10-12-25)8-7-22-19(27)14-1-4-16(5-2-14)26(28)29/h1-6,13H,7-12H2,(H,22,27). The largest absolute Gasteiger partial charge is 0.351 e. The Bertz CT molecular complexity index is 1060. The SMILES string of the molecule is O=C(NCCN1CCN(c2nc3ccc(Cl)cc3s2)CC1)c1ccc([N+](=O)[O-])cc1. The van der Waals surface area contributed by atoms with Gasteiger partial charge in [0.2, 0.25) is 0 Å². The maximum Gasteiger partial charge on any atom is 0.269 e. The zero-order valence-electron chi connectivity index (χ0n) is 16.1. The lowest BCUT2D eigenvalue weighted by Crippen LogP contribution is -2.48. The van der Waals surface area contributed by atoms with Gasteiger partial charge in [0.1, 0.15) is 0 Å². The maximum absolute atomic E-state index is 12.2. The van der Waals surface area contributed by atoms with Gasteiger partial charge in [-0.15, -0.1) is 0 Å². The fraction of sp³-hybridized carbons (Fsp3) is 0.300. The van der Waals surface area contributed by atoms with E-state index in [0.717, 1.165) is 53.1 Å². The van der Waals surface area contributed by atoms with Crippen LogP contribution in [0.1, 0.15) is 10.4 Å². The number of anilines is 1. The molecule has 3 aromatic rings. The van der Waals surface area contributed by atoms with Gasteiger partial charge in [0.25, 0.3) is 11.6 Å². The molecule has 8 nitrogen and oxygen atoms in total. The minimum atomic E-state index is -0.481. The van der Waals surface area contributed by atoms with Crippen LogP contribution in [0.5, 0.6) is 0 Å². The zero-order chi connectivity index (χ0) is 21.1. The number of carbonyl (C=O) groups is 1. The van der Waals surface area contributed by atoms with Crippen molar-refractivity contribution in [3.05, 3.63) is 63.2 Å². The van der Waals surface area contributed by atoms with Crippen molar-refractivity contribution in [1.29, 1.82) is 0 Å². The molecule has 10 heteroatoms. The number of halogens is 1. The number of nitrogens with one attached hydrogen (secondary N) is 1. The molecule has 1 N–H and O–H groups in total. The third-order valence-electron chi connectivity index (χ3n) is 5.04. The lowest BCUT2D eigenvalue weighted by Gasteiger charge is -2.34. The highest BCUT2D eigenvalue weighted by Gasteiger charge is 2.20. The maximum atomic E-state index is 12.2. The Morgan fingerprint density at radius 1 is 1.17 bits per heavy atom. The van der Waals surface area contributed by atoms with E-state index < -0.39 is 4.92 Å². The molecule has 0 spiro atoms. The number of nitro groups is 1. The summed E-state index contributed by atoms with van der Waals surface area (Å²) in [6, 6.07) is 11.4. The van der Waals surface area contributed by atoms with Crippen LogP contribution in [-0.2, 0) is 0 Å². The number of fused-ring (bicyclic) bond motifs is 1. The van der Waals surface area contributed by atoms with Crippen molar-refractivity contribution in [2.75, 3.05) is 44.2 Å². The van der Waals surface area contributed by atoms with Crippen molar-refractivity contribution in [3.8, 4) is 0 Å². The normalized spacial score (nSPS) is 14.8. The average molecular weight is 446 g/mol. The summed E-state index contributed by atoms with van der Waals surface area (Å²) < 4.78 is 1.09. The van der Waals surface area contributed by atoms with Gasteiger partial charge in [0.15, 0.2) is 5.13 Å². The summed E-state index contributed by atoms with van der Waals surface area (Å²) in [5.41, 5.74) is 1.36. The van der Waals surface area contributed by atoms with Crippen LogP contribution in [0.3, 0.4) is 0 Å². The van der Waals surface area contributed by atoms with E-state index >= 15 is 0 Å². The second-order valence-electron chi connectivity index (χ2n) is 7.00. The number of piperazine rings is 1. The molecule has 1 aromatic heterocycles. The molecular formula is C20H20ClN5O3S. The number of hydrogen-bond donors (Lipinski definition) is 1. The number of thiazole rings is 1. The van der Waals surface area contributed by atoms with Crippen LogP contribution < -0.4 is 10.2 Å². The average Bonchev–Trinajstić information content (AvgIpc) is 3.17. The van der Waals surface area contributed by atoms with E-state index in [4.69, 9.17) is 16.6 Å². The van der Waals surface area contributed by atoms with Gasteiger partial charge in [0, 0.05) is 62.0 Å². The highest BCUT2D eigenvalue weighted by molar-refractivity contribution is 7.22. The zero-order valence-corrected chi connectivity index (χ0v) is 17.7. The van der Waals surface area contributed by atoms with E-state index in [1.54, 1.807) is 11.3 Å². The predicted molar refractivity (Wildman–Crippen MR) is 119 cm³/mol. The molecule has 2 aromatic carbocycles. The number of rotatable bonds is 6. The molecule has 156 valence electrons. The molecule has 30 heavy (non-hydrogen) atoms. The van der Waals surface area contributed by atoms with Gasteiger partial charge in [-0.05, 0) is 30.3 Å². The highest BCUT2D eigenvalue weighted by atomic mass is 35.5. The molecule has 0 saturated carbocycles. The highest BCUT2D eigenvalue weighted by Crippen LogP contribution is 2.31. The van der Waals surface area contributed by atoms with Gasteiger partial charge in [0.05, 0.1) is 15.1 Å². The molecule has 1 aliphatic rings. The molecule has 2 heterocycles. The number of nitrogens with zero attached hydrogens (tertiary/aromatic N) is 4. The van der Waals surface area contributed by atoms with Crippen molar-refractivity contribution >= 4 is 49.9 Å². The summed E-state index contributed by atoms with van der Waals surface area (Å²) in [5.74, 6) is -0.225. The second kappa shape index (κ2) is 8.95. The first-order valence-corrected chi connectivity index (χ1v) is 10.7. The van der Waals surface area contributed by atoms with E-state index in [0.29, 0.717) is 12.1 Å². The van der Waals surface area contributed by atoms with Crippen molar-refractivity contribution in [2.24, 2.45) is 0 Å². The Morgan fingerprint density at radius 2 is 1.90 bits per heavy atom. The number of hydrogen-bond acceptors (Lipinski definition) is 7. The summed E-state index contributed by atoms with van der Waals surface area (Å²) in [6.07, 6.45) is 0. The molecule has 0 atom stereocenters. The summed E-state index contributed by atoms with van der Waals surface area (Å²) >= 11 is 7.72. The van der Waals surface area contributed by atoms with E-state index in [1.165, 1.54) is 24.3 Å². The van der Waals surface area contributed by atoms with Crippen LogP contribution in [-0.4, -0.2) is 60.0 Å². The Labute approximate surface area is 182 Å². The van der Waals surface area contributed by atoms with E-state index in [9.17, 15) is 14.9 Å². The quantitative estimate of drug-likeness (QED) is 0.461. The number of benzene rings is 2. The van der Waals surface area contributed by atoms with Crippen molar-refractivity contribution in [2.45, 2.75) is 0 Å². The van der Waals surface area contributed by atoms with Gasteiger partial charge in [-0.25, -0.2) is 4.98 Å². The second-order valence-corrected chi connectivity index (χ2v) is 8.44. The number of amides is 1. The number of carbonyl (C=O) groups excluding carboxylic acids is 1. The molecule has 1 aliphatic heterocycles. The molecule has 4 rings (SSSR count). The van der Waals surface area contributed by atoms with Crippen LogP contribution >= 0.6 is 22.9 Å². The molecule has 1 saturated heterocycles. The first-order valence-electron chi connectivity index (χ1n) is 9.56. The molecule has 0 bridgehead atoms. The third kappa shape index (κ3) is 4.69. The van der Waals surface area contributed by atoms with Crippen LogP contribution in [0.2, 0.25) is 5.02 Å². The molecule has 0 radical (unpaired) electrons. The third-order valence-corrected chi connectivity index (χ3v) is 6.35. The van der Waals surface area contributed by atoms with Crippen molar-refractivity contribution in [3.63, 3.8) is 0 Å². The molecule has 1 fully saturated rings. The van der Waals surface area contributed by atoms with Gasteiger partial charge in [-0.1, -0.05) is 22.9 Å². The first-order chi connectivity index (χ1) is 14.5. The fourth-order valence-corrected chi connectivity index (χ4v) is 4.64. The monoisotopic (exact) mass is 445 g/mol. The van der Waals surface area contributed by atoms with E-state index in [-0.39, 0.29) is 11.6 Å². The smallest absolute Gasteiger partial charge is 0.269 e. The van der Waals surface area contributed by atoms with Crippen molar-refractivity contribution < 1.29 is 9.72 Å². The van der Waals surface area contributed by atoms with Crippen molar-refractivity contribution in [1.82, 2.24) is 15.2 Å². The molecular weight excluding hydrogens is 426 g/mol. The van der Waals surface area contributed by atoms with E-state index in [1.807, 2.05) is 18.2 Å².